The second kappa shape index (κ2) is 50.0. The molecule has 0 bridgehead atoms. The van der Waals surface area contributed by atoms with Gasteiger partial charge >= 0.3 is 118 Å². The van der Waals surface area contributed by atoms with Crippen molar-refractivity contribution in [1.82, 2.24) is 0 Å². The summed E-state index contributed by atoms with van der Waals surface area (Å²) in [6.45, 7) is 2.47. The van der Waals surface area contributed by atoms with Crippen LogP contribution >= 0.6 is 33.0 Å². The third-order valence-corrected chi connectivity index (χ3v) is 6.75. The van der Waals surface area contributed by atoms with Crippen LogP contribution in [0.3, 0.4) is 0 Å². The molecule has 4 unspecified atom stereocenters. The van der Waals surface area contributed by atoms with Gasteiger partial charge in [0.05, 0.1) is 6.61 Å². The van der Waals surface area contributed by atoms with Gasteiger partial charge in [-0.3, -0.25) is 8.62 Å². The minimum Gasteiger partial charge on any atom is -0.781 e. The normalized spacial score (nSPS) is 12.9. The maximum atomic E-state index is 9.29. The van der Waals surface area contributed by atoms with Crippen molar-refractivity contribution < 1.29 is 170 Å². The molecule has 4 atom stereocenters. The molecule has 0 amide bonds. The van der Waals surface area contributed by atoms with Crippen LogP contribution < -0.4 is 138 Å². The Labute approximate surface area is 314 Å². The van der Waals surface area contributed by atoms with Gasteiger partial charge in [0.25, 0.3) is 0 Å². The zero-order chi connectivity index (χ0) is 25.7. The molecule has 0 radical (unpaired) electrons. The van der Waals surface area contributed by atoms with Gasteiger partial charge in [-0.05, 0) is 12.8 Å². The molecular weight excluding hydrogens is 608 g/mol. The Morgan fingerprint density at radius 3 is 1.03 bits per heavy atom. The van der Waals surface area contributed by atoms with Crippen LogP contribution in [0.25, 0.3) is 0 Å². The minimum atomic E-state index is -3.51. The summed E-state index contributed by atoms with van der Waals surface area (Å²) in [7, 11) is -14.1. The topological polar surface area (TPSA) is 199 Å². The fourth-order valence-electron chi connectivity index (χ4n) is 2.61. The first-order chi connectivity index (χ1) is 15.7. The quantitative estimate of drug-likeness (QED) is 0.0604. The Balaban J connectivity index is -0.0000000840. The fraction of sp³-hybridized carbons (Fsp3) is 0.889. The average Bonchev–Trinajstić information content (AvgIpc) is 2.70. The van der Waals surface area contributed by atoms with E-state index in [1.165, 1.54) is 83.5 Å². The van der Waals surface area contributed by atoms with Crippen LogP contribution in [-0.4, -0.2) is 11.7 Å². The first-order valence-corrected chi connectivity index (χ1v) is 16.0. The molecule has 0 spiro atoms. The van der Waals surface area contributed by atoms with Gasteiger partial charge in [0.15, 0.2) is 0 Å². The van der Waals surface area contributed by atoms with Gasteiger partial charge in [-0.15, -0.1) is 0 Å². The molecule has 0 aromatic rings. The van der Waals surface area contributed by atoms with Crippen molar-refractivity contribution in [3.05, 3.63) is 12.2 Å². The monoisotopic (exact) mass is 648 g/mol. The third kappa shape index (κ3) is 73.9. The number of unbranched alkanes of at least 4 members (excludes halogenated alkanes) is 13. The van der Waals surface area contributed by atoms with Crippen LogP contribution in [0.15, 0.2) is 12.2 Å². The van der Waals surface area contributed by atoms with Gasteiger partial charge in [0, 0.05) is 0 Å². The number of rotatable bonds is 19. The van der Waals surface area contributed by atoms with E-state index in [0.717, 1.165) is 6.42 Å². The first-order valence-electron chi connectivity index (χ1n) is 11.1. The van der Waals surface area contributed by atoms with Crippen molar-refractivity contribution in [3.8, 4) is 0 Å². The van der Waals surface area contributed by atoms with Gasteiger partial charge < -0.3 is 42.9 Å². The van der Waals surface area contributed by atoms with E-state index in [2.05, 4.69) is 21.6 Å². The molecule has 37 heavy (non-hydrogen) atoms. The van der Waals surface area contributed by atoms with Crippen LogP contribution in [0.2, 0.25) is 0 Å². The number of aliphatic hydroxyl groups is 1. The third-order valence-electron chi connectivity index (χ3n) is 4.08. The summed E-state index contributed by atoms with van der Waals surface area (Å²) < 4.78 is 43.6. The van der Waals surface area contributed by atoms with Crippen molar-refractivity contribution in [1.29, 1.82) is 0 Å². The van der Waals surface area contributed by atoms with Crippen molar-refractivity contribution >= 4 is 33.0 Å². The molecule has 11 nitrogen and oxygen atoms in total. The SMILES string of the molecule is CCCCCCCCCCCCCCCC=CCO.O=[PH]([O-])O[PH](=O)[O-].O=[PH]([O-])O[PH](=O)[O-].[Na+].[Na+].[Na+].[Na+]. The number of hydrogen-bond acceptors (Lipinski definition) is 11. The van der Waals surface area contributed by atoms with E-state index < -0.39 is 33.0 Å². The van der Waals surface area contributed by atoms with E-state index in [1.54, 1.807) is 0 Å². The van der Waals surface area contributed by atoms with Crippen molar-refractivity contribution in [3.63, 3.8) is 0 Å². The van der Waals surface area contributed by atoms with E-state index >= 15 is 0 Å². The summed E-state index contributed by atoms with van der Waals surface area (Å²) in [5, 5.41) is 8.58. The molecule has 0 aliphatic rings. The Morgan fingerprint density at radius 2 is 0.811 bits per heavy atom. The number of aliphatic hydroxyl groups excluding tert-OH is 1. The summed E-state index contributed by atoms with van der Waals surface area (Å²) >= 11 is 0. The molecule has 0 aromatic carbocycles. The van der Waals surface area contributed by atoms with Crippen LogP contribution in [-0.2, 0) is 26.9 Å². The standard InChI is InChI=1S/C18H36O.4Na.2H4O5P2/c1-2-3-4-5-6-7-8-9-10-11-12-13-14-15-16-17-18-19;;;;;2*1-6(2)5-7(3)4/h16-17,19H,2-15,18H2,1H3;;;;;2*6-7H,(H,1,2)(H,3,4)/q;4*+1;;/p-4. The van der Waals surface area contributed by atoms with E-state index in [-0.39, 0.29) is 125 Å². The molecular formula is C18H40Na4O11P4. The second-order valence-electron chi connectivity index (χ2n) is 6.89. The van der Waals surface area contributed by atoms with E-state index in [1.807, 2.05) is 6.08 Å². The zero-order valence-corrected chi connectivity index (χ0v) is 35.3. The van der Waals surface area contributed by atoms with Gasteiger partial charge in [0.1, 0.15) is 33.0 Å². The molecule has 1 N–H and O–H groups in total. The Bertz CT molecular complexity index is 502. The van der Waals surface area contributed by atoms with Crippen LogP contribution in [0.1, 0.15) is 96.8 Å². The molecule has 0 aliphatic heterocycles. The van der Waals surface area contributed by atoms with Gasteiger partial charge in [-0.1, -0.05) is 96.1 Å². The Morgan fingerprint density at radius 1 is 0.541 bits per heavy atom. The first kappa shape index (κ1) is 57.1. The van der Waals surface area contributed by atoms with Crippen molar-refractivity contribution in [2.75, 3.05) is 6.61 Å². The summed E-state index contributed by atoms with van der Waals surface area (Å²) in [5.74, 6) is 0. The van der Waals surface area contributed by atoms with Gasteiger partial charge in [-0.2, -0.15) is 0 Å². The fourth-order valence-corrected chi connectivity index (χ4v) is 3.70. The average molecular weight is 648 g/mol. The summed E-state index contributed by atoms with van der Waals surface area (Å²) in [6, 6.07) is 0. The smallest absolute Gasteiger partial charge is 0.781 e. The van der Waals surface area contributed by atoms with Crippen molar-refractivity contribution in [2.24, 2.45) is 0 Å². The molecule has 0 fully saturated rings. The maximum Gasteiger partial charge on any atom is 1.00 e. The minimum absolute atomic E-state index is 0. The molecule has 0 aliphatic carbocycles. The molecule has 0 heterocycles. The Hall–Kier alpha value is 4.38. The zero-order valence-electron chi connectivity index (χ0n) is 23.3. The second-order valence-corrected chi connectivity index (χ2v) is 10.5. The predicted octanol–water partition coefficient (Wildman–Crippen LogP) is -8.96. The summed E-state index contributed by atoms with van der Waals surface area (Å²) in [5.41, 5.74) is 0. The largest absolute Gasteiger partial charge is 1.00 e. The van der Waals surface area contributed by atoms with Crippen molar-refractivity contribution in [2.45, 2.75) is 96.8 Å². The molecule has 0 saturated carbocycles. The number of hydrogen-bond donors (Lipinski definition) is 1. The van der Waals surface area contributed by atoms with Crippen LogP contribution in [0, 0.1) is 0 Å². The maximum absolute atomic E-state index is 9.29. The Kier molecular flexibility index (Phi) is 77.2. The van der Waals surface area contributed by atoms with Crippen LogP contribution in [0.4, 0.5) is 0 Å². The predicted molar refractivity (Wildman–Crippen MR) is 125 cm³/mol. The van der Waals surface area contributed by atoms with E-state index in [4.69, 9.17) is 5.11 Å². The molecule has 0 aromatic heterocycles. The van der Waals surface area contributed by atoms with Gasteiger partial charge in [-0.25, -0.2) is 0 Å². The number of allylic oxidation sites excluding steroid dienone is 1. The summed E-state index contributed by atoms with van der Waals surface area (Å²) in [6.07, 6.45) is 23.4. The molecule has 19 heteroatoms. The van der Waals surface area contributed by atoms with E-state index in [9.17, 15) is 37.8 Å². The van der Waals surface area contributed by atoms with E-state index in [0.29, 0.717) is 0 Å². The van der Waals surface area contributed by atoms with Crippen LogP contribution in [0.5, 0.6) is 0 Å². The molecule has 202 valence electrons. The van der Waals surface area contributed by atoms with Gasteiger partial charge in [0.2, 0.25) is 0 Å². The molecule has 0 saturated heterocycles. The molecule has 0 rings (SSSR count). The summed E-state index contributed by atoms with van der Waals surface area (Å²) in [4.78, 5) is 37.1.